The zero-order valence-corrected chi connectivity index (χ0v) is 26.3. The zero-order valence-electron chi connectivity index (χ0n) is 24.8. The third-order valence-corrected chi connectivity index (χ3v) is 7.62. The van der Waals surface area contributed by atoms with Crippen LogP contribution in [0.3, 0.4) is 0 Å². The molecule has 0 aliphatic heterocycles. The Morgan fingerprint density at radius 3 is 2.52 bits per heavy atom. The number of carbonyl (C=O) groups is 3. The number of likely N-dealkylation sites (N-methyl/N-ethyl adjacent to an activating group) is 2. The van der Waals surface area contributed by atoms with Crippen LogP contribution in [0.4, 0.5) is 16.2 Å². The highest BCUT2D eigenvalue weighted by Crippen LogP contribution is 2.35. The number of fused-ring (bicyclic) bond motifs is 1. The number of urea groups is 1. The maximum atomic E-state index is 13.0. The molecular formula is C32H33Cl2N5O5. The van der Waals surface area contributed by atoms with E-state index in [1.807, 2.05) is 37.3 Å². The van der Waals surface area contributed by atoms with E-state index in [9.17, 15) is 14.4 Å². The summed E-state index contributed by atoms with van der Waals surface area (Å²) in [5.74, 6) is -0.0542. The van der Waals surface area contributed by atoms with Crippen LogP contribution in [-0.2, 0) is 16.1 Å². The molecule has 1 heterocycles. The second-order valence-electron chi connectivity index (χ2n) is 9.99. The highest BCUT2D eigenvalue weighted by atomic mass is 35.5. The predicted molar refractivity (Wildman–Crippen MR) is 173 cm³/mol. The standard InChI is InChI=1S/C32H33Cl2N5O5/c1-20-11-12-21-7-6-10-27(30(21)36-20)44-19-24-25(33)13-14-26(29(24)34)39(3)28(40)18-35-32(42)37-23-9-5-8-22(17-23)31(41)38(2)15-16-43-4/h5-14,17H,15-16,18-19H2,1-4H3,(H2,35,37,42). The van der Waals surface area contributed by atoms with Crippen molar-refractivity contribution in [3.8, 4) is 5.75 Å². The minimum absolute atomic E-state index is 0.0483. The van der Waals surface area contributed by atoms with Gasteiger partial charge >= 0.3 is 6.03 Å². The van der Waals surface area contributed by atoms with Crippen molar-refractivity contribution in [2.45, 2.75) is 13.5 Å². The molecule has 10 nitrogen and oxygen atoms in total. The predicted octanol–water partition coefficient (Wildman–Crippen LogP) is 5.93. The molecule has 3 aromatic carbocycles. The highest BCUT2D eigenvalue weighted by molar-refractivity contribution is 6.38. The smallest absolute Gasteiger partial charge is 0.319 e. The first-order chi connectivity index (χ1) is 21.1. The second-order valence-corrected chi connectivity index (χ2v) is 10.8. The number of amides is 4. The third-order valence-electron chi connectivity index (χ3n) is 6.84. The molecular weight excluding hydrogens is 605 g/mol. The normalized spacial score (nSPS) is 10.8. The molecule has 12 heteroatoms. The lowest BCUT2D eigenvalue weighted by molar-refractivity contribution is -0.117. The van der Waals surface area contributed by atoms with E-state index in [1.54, 1.807) is 57.6 Å². The van der Waals surface area contributed by atoms with Gasteiger partial charge in [0.15, 0.2) is 0 Å². The first-order valence-corrected chi connectivity index (χ1v) is 14.5. The van der Waals surface area contributed by atoms with Crippen molar-refractivity contribution in [1.29, 1.82) is 0 Å². The number of aromatic nitrogens is 1. The number of carbonyl (C=O) groups excluding carboxylic acids is 3. The van der Waals surface area contributed by atoms with Gasteiger partial charge < -0.3 is 29.9 Å². The molecule has 2 N–H and O–H groups in total. The first kappa shape index (κ1) is 32.5. The van der Waals surface area contributed by atoms with Gasteiger partial charge in [-0.05, 0) is 49.4 Å². The lowest BCUT2D eigenvalue weighted by Gasteiger charge is -2.21. The van der Waals surface area contributed by atoms with Crippen molar-refractivity contribution in [2.75, 3.05) is 51.1 Å². The van der Waals surface area contributed by atoms with Crippen LogP contribution >= 0.6 is 23.2 Å². The second kappa shape index (κ2) is 14.9. The van der Waals surface area contributed by atoms with E-state index in [-0.39, 0.29) is 24.1 Å². The molecule has 0 saturated heterocycles. The van der Waals surface area contributed by atoms with E-state index < -0.39 is 11.9 Å². The molecule has 4 rings (SSSR count). The number of aryl methyl sites for hydroxylation is 1. The molecule has 0 aliphatic carbocycles. The molecule has 0 bridgehead atoms. The molecule has 44 heavy (non-hydrogen) atoms. The Bertz CT molecular complexity index is 1680. The largest absolute Gasteiger partial charge is 0.487 e. The summed E-state index contributed by atoms with van der Waals surface area (Å²) < 4.78 is 11.1. The van der Waals surface area contributed by atoms with Crippen LogP contribution in [0, 0.1) is 6.92 Å². The number of ether oxygens (including phenoxy) is 2. The van der Waals surface area contributed by atoms with Gasteiger partial charge in [-0.3, -0.25) is 9.59 Å². The number of halogens is 2. The summed E-state index contributed by atoms with van der Waals surface area (Å²) in [4.78, 5) is 45.6. The molecule has 230 valence electrons. The van der Waals surface area contributed by atoms with Crippen LogP contribution in [0.1, 0.15) is 21.6 Å². The quantitative estimate of drug-likeness (QED) is 0.211. The summed E-state index contributed by atoms with van der Waals surface area (Å²) in [5, 5.41) is 6.76. The number of benzene rings is 3. The monoisotopic (exact) mass is 637 g/mol. The average Bonchev–Trinajstić information content (AvgIpc) is 3.02. The van der Waals surface area contributed by atoms with E-state index in [1.165, 1.54) is 9.80 Å². The fourth-order valence-electron chi connectivity index (χ4n) is 4.32. The minimum Gasteiger partial charge on any atom is -0.487 e. The van der Waals surface area contributed by atoms with Gasteiger partial charge in [0, 0.05) is 60.7 Å². The summed E-state index contributed by atoms with van der Waals surface area (Å²) in [5.41, 5.74) is 3.29. The number of nitrogens with zero attached hydrogens (tertiary/aromatic N) is 3. The van der Waals surface area contributed by atoms with E-state index in [2.05, 4.69) is 15.6 Å². The van der Waals surface area contributed by atoms with Crippen molar-refractivity contribution in [1.82, 2.24) is 15.2 Å². The van der Waals surface area contributed by atoms with Crippen molar-refractivity contribution in [3.05, 3.63) is 93.6 Å². The Morgan fingerprint density at radius 2 is 1.75 bits per heavy atom. The van der Waals surface area contributed by atoms with Crippen LogP contribution in [0.2, 0.25) is 10.0 Å². The Labute approximate surface area is 265 Å². The van der Waals surface area contributed by atoms with Gasteiger partial charge in [0.2, 0.25) is 5.91 Å². The zero-order chi connectivity index (χ0) is 31.8. The van der Waals surface area contributed by atoms with Crippen LogP contribution in [0.5, 0.6) is 5.75 Å². The Morgan fingerprint density at radius 1 is 0.977 bits per heavy atom. The molecule has 0 spiro atoms. The summed E-state index contributed by atoms with van der Waals surface area (Å²) in [6, 6.07) is 18.7. The molecule has 1 aromatic heterocycles. The van der Waals surface area contributed by atoms with Gasteiger partial charge in [0.1, 0.15) is 17.9 Å². The van der Waals surface area contributed by atoms with E-state index in [0.717, 1.165) is 16.6 Å². The number of methoxy groups -OCH3 is 1. The number of para-hydroxylation sites is 1. The third kappa shape index (κ3) is 7.96. The molecule has 0 fully saturated rings. The summed E-state index contributed by atoms with van der Waals surface area (Å²) in [6.07, 6.45) is 0. The van der Waals surface area contributed by atoms with Crippen LogP contribution in [0.25, 0.3) is 10.9 Å². The first-order valence-electron chi connectivity index (χ1n) is 13.7. The molecule has 0 unspecified atom stereocenters. The molecule has 0 atom stereocenters. The van der Waals surface area contributed by atoms with Gasteiger partial charge in [-0.15, -0.1) is 0 Å². The Kier molecular flexibility index (Phi) is 11.0. The number of hydrogen-bond acceptors (Lipinski definition) is 6. The topological polar surface area (TPSA) is 113 Å². The summed E-state index contributed by atoms with van der Waals surface area (Å²) >= 11 is 13.2. The van der Waals surface area contributed by atoms with E-state index >= 15 is 0 Å². The van der Waals surface area contributed by atoms with Crippen LogP contribution in [-0.4, -0.2) is 68.6 Å². The maximum absolute atomic E-state index is 13.0. The van der Waals surface area contributed by atoms with E-state index in [4.69, 9.17) is 32.7 Å². The number of rotatable bonds is 11. The summed E-state index contributed by atoms with van der Waals surface area (Å²) in [7, 11) is 4.78. The van der Waals surface area contributed by atoms with Gasteiger partial charge in [0.25, 0.3) is 5.91 Å². The van der Waals surface area contributed by atoms with Crippen molar-refractivity contribution >= 4 is 63.3 Å². The van der Waals surface area contributed by atoms with E-state index in [0.29, 0.717) is 46.4 Å². The Balaban J connectivity index is 1.37. The lowest BCUT2D eigenvalue weighted by atomic mass is 10.1. The number of anilines is 2. The molecule has 0 saturated carbocycles. The number of pyridine rings is 1. The van der Waals surface area contributed by atoms with Crippen molar-refractivity contribution in [2.24, 2.45) is 0 Å². The molecule has 0 aliphatic rings. The molecule has 4 aromatic rings. The number of hydrogen-bond donors (Lipinski definition) is 2. The number of nitrogens with one attached hydrogen (secondary N) is 2. The van der Waals surface area contributed by atoms with Crippen molar-refractivity contribution < 1.29 is 23.9 Å². The average molecular weight is 639 g/mol. The molecule has 0 radical (unpaired) electrons. The Hall–Kier alpha value is -4.38. The maximum Gasteiger partial charge on any atom is 0.319 e. The fourth-order valence-corrected chi connectivity index (χ4v) is 4.93. The van der Waals surface area contributed by atoms with Gasteiger partial charge in [-0.25, -0.2) is 9.78 Å². The summed E-state index contributed by atoms with van der Waals surface area (Å²) in [6.45, 7) is 2.48. The minimum atomic E-state index is -0.612. The van der Waals surface area contributed by atoms with Crippen molar-refractivity contribution in [3.63, 3.8) is 0 Å². The fraction of sp³-hybridized carbons (Fsp3) is 0.250. The van der Waals surface area contributed by atoms with Crippen LogP contribution < -0.4 is 20.3 Å². The van der Waals surface area contributed by atoms with Crippen LogP contribution in [0.15, 0.2) is 66.7 Å². The van der Waals surface area contributed by atoms with Gasteiger partial charge in [-0.2, -0.15) is 0 Å². The molecule has 4 amide bonds. The van der Waals surface area contributed by atoms with Gasteiger partial charge in [0.05, 0.1) is 23.9 Å². The highest BCUT2D eigenvalue weighted by Gasteiger charge is 2.20. The van der Waals surface area contributed by atoms with Gasteiger partial charge in [-0.1, -0.05) is 47.5 Å². The SMILES string of the molecule is COCCN(C)C(=O)c1cccc(NC(=O)NCC(=O)N(C)c2ccc(Cl)c(COc3cccc4ccc(C)nc34)c2Cl)c1. The lowest BCUT2D eigenvalue weighted by Crippen LogP contribution is -2.40.